The summed E-state index contributed by atoms with van der Waals surface area (Å²) in [6.07, 6.45) is 0. The molecule has 0 aliphatic rings. The van der Waals surface area contributed by atoms with E-state index in [-0.39, 0.29) is 0 Å². The van der Waals surface area contributed by atoms with Crippen LogP contribution in [-0.4, -0.2) is 4.57 Å². The molecule has 0 fully saturated rings. The first-order chi connectivity index (χ1) is 27.3. The summed E-state index contributed by atoms with van der Waals surface area (Å²) in [6.45, 7) is 0. The summed E-state index contributed by atoms with van der Waals surface area (Å²) in [5, 5.41) is 4.90. The molecule has 0 spiro atoms. The lowest BCUT2D eigenvalue weighted by molar-refractivity contribution is 1.10. The van der Waals surface area contributed by atoms with Gasteiger partial charge in [0.1, 0.15) is 0 Å². The molecule has 0 aliphatic heterocycles. The van der Waals surface area contributed by atoms with Gasteiger partial charge in [0.25, 0.3) is 0 Å². The molecule has 55 heavy (non-hydrogen) atoms. The van der Waals surface area contributed by atoms with Crippen LogP contribution >= 0.6 is 0 Å². The van der Waals surface area contributed by atoms with Gasteiger partial charge in [-0.15, -0.1) is 0 Å². The predicted octanol–water partition coefficient (Wildman–Crippen LogP) is 14.8. The van der Waals surface area contributed by atoms with E-state index in [1.807, 2.05) is 0 Å². The molecule has 0 atom stereocenters. The predicted molar refractivity (Wildman–Crippen MR) is 233 cm³/mol. The first-order valence-corrected chi connectivity index (χ1v) is 18.9. The molecule has 9 aromatic carbocycles. The third-order valence-electron chi connectivity index (χ3n) is 10.8. The van der Waals surface area contributed by atoms with Gasteiger partial charge in [-0.25, -0.2) is 0 Å². The van der Waals surface area contributed by atoms with Crippen molar-refractivity contribution in [2.45, 2.75) is 0 Å². The highest BCUT2D eigenvalue weighted by Crippen LogP contribution is 2.40. The Morgan fingerprint density at radius 2 is 0.600 bits per heavy atom. The van der Waals surface area contributed by atoms with E-state index in [4.69, 9.17) is 0 Å². The highest BCUT2D eigenvalue weighted by molar-refractivity contribution is 6.11. The molecule has 258 valence electrons. The number of aromatic nitrogens is 1. The lowest BCUT2D eigenvalue weighted by atomic mass is 9.89. The van der Waals surface area contributed by atoms with Gasteiger partial charge in [-0.1, -0.05) is 188 Å². The normalized spacial score (nSPS) is 11.3. The van der Waals surface area contributed by atoms with Crippen molar-refractivity contribution in [2.24, 2.45) is 0 Å². The van der Waals surface area contributed by atoms with Gasteiger partial charge in [0, 0.05) is 5.69 Å². The molecule has 0 radical (unpaired) electrons. The van der Waals surface area contributed by atoms with Crippen LogP contribution in [0.1, 0.15) is 0 Å². The number of hydrogen-bond acceptors (Lipinski definition) is 0. The number of fused-ring (bicyclic) bond motifs is 2. The van der Waals surface area contributed by atoms with Gasteiger partial charge in [0.15, 0.2) is 0 Å². The minimum atomic E-state index is 1.14. The summed E-state index contributed by atoms with van der Waals surface area (Å²) in [4.78, 5) is 0. The topological polar surface area (TPSA) is 4.93 Å². The fraction of sp³-hybridized carbons (Fsp3) is 0. The van der Waals surface area contributed by atoms with Crippen LogP contribution in [0.3, 0.4) is 0 Å². The van der Waals surface area contributed by atoms with Crippen LogP contribution < -0.4 is 0 Å². The molecule has 0 N–H and O–H groups in total. The van der Waals surface area contributed by atoms with Gasteiger partial charge in [-0.05, 0) is 114 Å². The van der Waals surface area contributed by atoms with Crippen molar-refractivity contribution in [3.63, 3.8) is 0 Å². The lowest BCUT2D eigenvalue weighted by Gasteiger charge is -2.17. The molecule has 1 aromatic heterocycles. The molecular formula is C54H37N. The summed E-state index contributed by atoms with van der Waals surface area (Å²) in [7, 11) is 0. The SMILES string of the molecule is c1ccc(-c2ccc(-c3ccc(-c4ccc(-c5ccccc5)cc4)c4cc5cc(-n6c(-c7ccccc7)ccc6-c6ccccc6)ccc5cc34)cc2)cc1. The van der Waals surface area contributed by atoms with E-state index in [1.165, 1.54) is 88.6 Å². The molecule has 1 heterocycles. The maximum atomic E-state index is 2.41. The van der Waals surface area contributed by atoms with E-state index in [1.54, 1.807) is 0 Å². The van der Waals surface area contributed by atoms with Gasteiger partial charge in [0.2, 0.25) is 0 Å². The molecule has 0 amide bonds. The van der Waals surface area contributed by atoms with Crippen LogP contribution in [0.4, 0.5) is 0 Å². The van der Waals surface area contributed by atoms with E-state index < -0.39 is 0 Å². The maximum absolute atomic E-state index is 2.41. The Hall–Kier alpha value is -7.22. The van der Waals surface area contributed by atoms with Crippen LogP contribution in [0.15, 0.2) is 224 Å². The van der Waals surface area contributed by atoms with E-state index in [9.17, 15) is 0 Å². The Kier molecular flexibility index (Phi) is 8.24. The zero-order valence-corrected chi connectivity index (χ0v) is 30.3. The van der Waals surface area contributed by atoms with Crippen molar-refractivity contribution in [3.8, 4) is 72.7 Å². The Bertz CT molecular complexity index is 2850. The molecular weight excluding hydrogens is 663 g/mol. The molecule has 0 saturated carbocycles. The standard InChI is InChI=1S/C54H37N/c1-5-13-38(14-6-1)40-21-25-42(26-22-40)49-31-32-50(43-27-23-41(24-28-43)39-15-7-2-8-16-39)52-37-47-35-48(30-29-46(47)36-51(49)52)55-53(44-17-9-3-10-18-44)33-34-54(55)45-19-11-4-12-20-45/h1-37H. The third kappa shape index (κ3) is 6.12. The van der Waals surface area contributed by atoms with Gasteiger partial charge in [-0.2, -0.15) is 0 Å². The molecule has 10 rings (SSSR count). The second-order valence-electron chi connectivity index (χ2n) is 14.1. The summed E-state index contributed by atoms with van der Waals surface area (Å²) >= 11 is 0. The first-order valence-electron chi connectivity index (χ1n) is 18.9. The van der Waals surface area contributed by atoms with Crippen molar-refractivity contribution in [1.29, 1.82) is 0 Å². The molecule has 0 aliphatic carbocycles. The van der Waals surface area contributed by atoms with Crippen molar-refractivity contribution < 1.29 is 0 Å². The highest BCUT2D eigenvalue weighted by atomic mass is 15.0. The Morgan fingerprint density at radius 3 is 1.04 bits per heavy atom. The van der Waals surface area contributed by atoms with Gasteiger partial charge >= 0.3 is 0 Å². The van der Waals surface area contributed by atoms with Crippen molar-refractivity contribution in [2.75, 3.05) is 0 Å². The summed E-state index contributed by atoms with van der Waals surface area (Å²) in [5.74, 6) is 0. The Labute approximate surface area is 322 Å². The highest BCUT2D eigenvalue weighted by Gasteiger charge is 2.16. The van der Waals surface area contributed by atoms with E-state index >= 15 is 0 Å². The van der Waals surface area contributed by atoms with E-state index in [2.05, 4.69) is 229 Å². The van der Waals surface area contributed by atoms with Crippen molar-refractivity contribution in [1.82, 2.24) is 4.57 Å². The van der Waals surface area contributed by atoms with E-state index in [0.29, 0.717) is 0 Å². The lowest BCUT2D eigenvalue weighted by Crippen LogP contribution is -1.99. The van der Waals surface area contributed by atoms with Crippen LogP contribution in [0.5, 0.6) is 0 Å². The van der Waals surface area contributed by atoms with Crippen molar-refractivity contribution >= 4 is 21.5 Å². The second kappa shape index (κ2) is 14.0. The largest absolute Gasteiger partial charge is 0.309 e. The average Bonchev–Trinajstić information content (AvgIpc) is 3.72. The molecule has 10 aromatic rings. The Balaban J connectivity index is 1.16. The second-order valence-corrected chi connectivity index (χ2v) is 14.1. The summed E-state index contributed by atoms with van der Waals surface area (Å²) < 4.78 is 2.40. The minimum Gasteiger partial charge on any atom is -0.309 e. The summed E-state index contributed by atoms with van der Waals surface area (Å²) in [5.41, 5.74) is 15.6. The molecule has 0 saturated heterocycles. The number of hydrogen-bond donors (Lipinski definition) is 0. The van der Waals surface area contributed by atoms with Gasteiger partial charge in [0.05, 0.1) is 11.4 Å². The van der Waals surface area contributed by atoms with Crippen LogP contribution in [0, 0.1) is 0 Å². The smallest absolute Gasteiger partial charge is 0.0535 e. The van der Waals surface area contributed by atoms with Crippen LogP contribution in [0.25, 0.3) is 94.3 Å². The van der Waals surface area contributed by atoms with Gasteiger partial charge in [-0.3, -0.25) is 0 Å². The Morgan fingerprint density at radius 1 is 0.236 bits per heavy atom. The van der Waals surface area contributed by atoms with Crippen LogP contribution in [0.2, 0.25) is 0 Å². The minimum absolute atomic E-state index is 1.14. The van der Waals surface area contributed by atoms with Gasteiger partial charge < -0.3 is 4.57 Å². The number of benzene rings is 9. The molecule has 0 bridgehead atoms. The van der Waals surface area contributed by atoms with Crippen LogP contribution in [-0.2, 0) is 0 Å². The zero-order chi connectivity index (χ0) is 36.6. The first kappa shape index (κ1) is 32.4. The average molecular weight is 700 g/mol. The van der Waals surface area contributed by atoms with E-state index in [0.717, 1.165) is 5.69 Å². The third-order valence-corrected chi connectivity index (χ3v) is 10.8. The quantitative estimate of drug-likeness (QED) is 0.146. The monoisotopic (exact) mass is 699 g/mol. The molecule has 1 nitrogen and oxygen atoms in total. The number of nitrogens with zero attached hydrogens (tertiary/aromatic N) is 1. The fourth-order valence-electron chi connectivity index (χ4n) is 8.05. The fourth-order valence-corrected chi connectivity index (χ4v) is 8.05. The number of rotatable bonds is 7. The maximum Gasteiger partial charge on any atom is 0.0535 e. The van der Waals surface area contributed by atoms with Crippen molar-refractivity contribution in [3.05, 3.63) is 224 Å². The zero-order valence-electron chi connectivity index (χ0n) is 30.3. The molecule has 0 unspecified atom stereocenters. The molecule has 1 heteroatoms. The summed E-state index contributed by atoms with van der Waals surface area (Å²) in [6, 6.07) is 81.4.